The van der Waals surface area contributed by atoms with E-state index in [1.807, 2.05) is 30.3 Å². The van der Waals surface area contributed by atoms with Crippen LogP contribution in [0.15, 0.2) is 30.3 Å². The topological polar surface area (TPSA) is 73.9 Å². The van der Waals surface area contributed by atoms with Crippen molar-refractivity contribution in [3.8, 4) is 0 Å². The molecule has 1 atom stereocenters. The number of carbonyl (C=O) groups is 2. The van der Waals surface area contributed by atoms with Gasteiger partial charge < -0.3 is 14.2 Å². The minimum Gasteiger partial charge on any atom is -0.429 e. The van der Waals surface area contributed by atoms with Crippen molar-refractivity contribution < 1.29 is 23.8 Å². The maximum absolute atomic E-state index is 11.9. The summed E-state index contributed by atoms with van der Waals surface area (Å²) in [7, 11) is 1.40. The molecular formula is C14H17NO5. The van der Waals surface area contributed by atoms with Crippen LogP contribution in [0, 0.1) is 0 Å². The van der Waals surface area contributed by atoms with Crippen LogP contribution >= 0.6 is 0 Å². The highest BCUT2D eigenvalue weighted by Gasteiger charge is 2.44. The van der Waals surface area contributed by atoms with E-state index in [2.05, 4.69) is 10.1 Å². The van der Waals surface area contributed by atoms with Gasteiger partial charge in [-0.2, -0.15) is 0 Å². The second-order valence-corrected chi connectivity index (χ2v) is 4.48. The Bertz CT molecular complexity index is 468. The monoisotopic (exact) mass is 279 g/mol. The summed E-state index contributed by atoms with van der Waals surface area (Å²) >= 11 is 0. The molecule has 1 heterocycles. The Labute approximate surface area is 117 Å². The van der Waals surface area contributed by atoms with Gasteiger partial charge in [0.05, 0.1) is 0 Å². The molecule has 0 aliphatic carbocycles. The molecule has 0 amide bonds. The van der Waals surface area contributed by atoms with Crippen molar-refractivity contribution in [3.63, 3.8) is 0 Å². The van der Waals surface area contributed by atoms with Gasteiger partial charge in [-0.3, -0.25) is 5.32 Å². The first-order valence-electron chi connectivity index (χ1n) is 6.39. The average Bonchev–Trinajstić information content (AvgIpc) is 2.96. The first-order valence-corrected chi connectivity index (χ1v) is 6.39. The Balaban J connectivity index is 1.83. The Morgan fingerprint density at radius 1 is 1.30 bits per heavy atom. The van der Waals surface area contributed by atoms with E-state index in [0.717, 1.165) is 12.0 Å². The minimum absolute atomic E-state index is 0.0559. The SMILES string of the molecule is CO[C@@]1(C(=O)OC(=O)OCc2ccccc2)CCCN1. The molecule has 1 fully saturated rings. The Morgan fingerprint density at radius 2 is 2.05 bits per heavy atom. The largest absolute Gasteiger partial charge is 0.516 e. The van der Waals surface area contributed by atoms with Crippen molar-refractivity contribution in [3.05, 3.63) is 35.9 Å². The third kappa shape index (κ3) is 3.34. The lowest BCUT2D eigenvalue weighted by atomic mass is 10.2. The van der Waals surface area contributed by atoms with E-state index in [1.54, 1.807) is 0 Å². The predicted molar refractivity (Wildman–Crippen MR) is 69.7 cm³/mol. The zero-order chi connectivity index (χ0) is 14.4. The first-order chi connectivity index (χ1) is 9.66. The molecule has 0 saturated carbocycles. The maximum atomic E-state index is 11.9. The van der Waals surface area contributed by atoms with Crippen molar-refractivity contribution in [1.29, 1.82) is 0 Å². The predicted octanol–water partition coefficient (Wildman–Crippen LogP) is 1.59. The van der Waals surface area contributed by atoms with Crippen molar-refractivity contribution in [2.24, 2.45) is 0 Å². The van der Waals surface area contributed by atoms with Crippen LogP contribution in [0.5, 0.6) is 0 Å². The molecule has 6 nitrogen and oxygen atoms in total. The summed E-state index contributed by atoms with van der Waals surface area (Å²) in [6.07, 6.45) is 0.222. The molecule has 20 heavy (non-hydrogen) atoms. The van der Waals surface area contributed by atoms with Gasteiger partial charge >= 0.3 is 12.1 Å². The van der Waals surface area contributed by atoms with Crippen molar-refractivity contribution >= 4 is 12.1 Å². The summed E-state index contributed by atoms with van der Waals surface area (Å²) in [5.74, 6) is -0.768. The zero-order valence-corrected chi connectivity index (χ0v) is 11.3. The maximum Gasteiger partial charge on any atom is 0.516 e. The number of nitrogens with one attached hydrogen (secondary N) is 1. The van der Waals surface area contributed by atoms with Crippen molar-refractivity contribution in [2.45, 2.75) is 25.2 Å². The second kappa shape index (κ2) is 6.49. The lowest BCUT2D eigenvalue weighted by Crippen LogP contribution is -2.50. The number of carbonyl (C=O) groups excluding carboxylic acids is 2. The third-order valence-electron chi connectivity index (χ3n) is 3.17. The van der Waals surface area contributed by atoms with E-state index in [9.17, 15) is 9.59 Å². The van der Waals surface area contributed by atoms with Crippen LogP contribution in [-0.2, 0) is 25.6 Å². The lowest BCUT2D eigenvalue weighted by molar-refractivity contribution is -0.167. The van der Waals surface area contributed by atoms with E-state index >= 15 is 0 Å². The summed E-state index contributed by atoms with van der Waals surface area (Å²) < 4.78 is 14.7. The molecule has 1 aliphatic heterocycles. The van der Waals surface area contributed by atoms with Gasteiger partial charge in [-0.1, -0.05) is 30.3 Å². The fourth-order valence-electron chi connectivity index (χ4n) is 2.05. The molecule has 1 aromatic rings. The highest BCUT2D eigenvalue weighted by Crippen LogP contribution is 2.21. The van der Waals surface area contributed by atoms with E-state index < -0.39 is 17.8 Å². The van der Waals surface area contributed by atoms with Gasteiger partial charge in [-0.25, -0.2) is 9.59 Å². The van der Waals surface area contributed by atoms with E-state index in [-0.39, 0.29) is 6.61 Å². The number of rotatable bonds is 4. The Hall–Kier alpha value is -1.92. The van der Waals surface area contributed by atoms with Crippen LogP contribution < -0.4 is 5.32 Å². The molecule has 108 valence electrons. The van der Waals surface area contributed by atoms with Gasteiger partial charge in [-0.05, 0) is 18.5 Å². The van der Waals surface area contributed by atoms with Crippen LogP contribution in [-0.4, -0.2) is 31.5 Å². The molecule has 1 N–H and O–H groups in total. The van der Waals surface area contributed by atoms with Crippen LogP contribution in [0.1, 0.15) is 18.4 Å². The molecule has 6 heteroatoms. The van der Waals surface area contributed by atoms with Crippen LogP contribution in [0.4, 0.5) is 4.79 Å². The summed E-state index contributed by atoms with van der Waals surface area (Å²) in [6.45, 7) is 0.697. The molecular weight excluding hydrogens is 262 g/mol. The normalized spacial score (nSPS) is 21.4. The molecule has 1 aromatic carbocycles. The van der Waals surface area contributed by atoms with Gasteiger partial charge in [0.2, 0.25) is 5.72 Å². The molecule has 0 spiro atoms. The summed E-state index contributed by atoms with van der Waals surface area (Å²) in [6, 6.07) is 9.14. The summed E-state index contributed by atoms with van der Waals surface area (Å²) in [5, 5.41) is 2.89. The van der Waals surface area contributed by atoms with E-state index in [0.29, 0.717) is 13.0 Å². The molecule has 0 radical (unpaired) electrons. The van der Waals surface area contributed by atoms with Gasteiger partial charge in [-0.15, -0.1) is 0 Å². The van der Waals surface area contributed by atoms with Crippen LogP contribution in [0.2, 0.25) is 0 Å². The molecule has 0 unspecified atom stereocenters. The molecule has 0 bridgehead atoms. The fraction of sp³-hybridized carbons (Fsp3) is 0.429. The van der Waals surface area contributed by atoms with Gasteiger partial charge in [0.25, 0.3) is 0 Å². The van der Waals surface area contributed by atoms with Crippen molar-refractivity contribution in [1.82, 2.24) is 5.32 Å². The standard InChI is InChI=1S/C14H17NO5/c1-18-14(8-5-9-15-14)12(16)20-13(17)19-10-11-6-3-2-4-7-11/h2-4,6-7,15H,5,8-10H2,1H3/t14-/m1/s1. The number of ether oxygens (including phenoxy) is 3. The quantitative estimate of drug-likeness (QED) is 0.666. The number of esters is 1. The van der Waals surface area contributed by atoms with E-state index in [1.165, 1.54) is 7.11 Å². The Kier molecular flexibility index (Phi) is 4.70. The van der Waals surface area contributed by atoms with Gasteiger partial charge in [0, 0.05) is 13.5 Å². The van der Waals surface area contributed by atoms with Crippen LogP contribution in [0.3, 0.4) is 0 Å². The molecule has 0 aromatic heterocycles. The third-order valence-corrected chi connectivity index (χ3v) is 3.17. The fourth-order valence-corrected chi connectivity index (χ4v) is 2.05. The van der Waals surface area contributed by atoms with Crippen molar-refractivity contribution in [2.75, 3.05) is 13.7 Å². The average molecular weight is 279 g/mol. The Morgan fingerprint density at radius 3 is 2.65 bits per heavy atom. The highest BCUT2D eigenvalue weighted by molar-refractivity contribution is 5.88. The molecule has 1 aliphatic rings. The number of benzene rings is 1. The summed E-state index contributed by atoms with van der Waals surface area (Å²) in [4.78, 5) is 23.4. The smallest absolute Gasteiger partial charge is 0.429 e. The number of methoxy groups -OCH3 is 1. The highest BCUT2D eigenvalue weighted by atomic mass is 16.7. The van der Waals surface area contributed by atoms with Crippen LogP contribution in [0.25, 0.3) is 0 Å². The molecule has 1 saturated heterocycles. The minimum atomic E-state index is -1.23. The first kappa shape index (κ1) is 14.5. The second-order valence-electron chi connectivity index (χ2n) is 4.48. The molecule has 2 rings (SSSR count). The lowest BCUT2D eigenvalue weighted by Gasteiger charge is -2.24. The summed E-state index contributed by atoms with van der Waals surface area (Å²) in [5.41, 5.74) is -0.413. The number of hydrogen-bond acceptors (Lipinski definition) is 6. The number of hydrogen-bond donors (Lipinski definition) is 1. The van der Waals surface area contributed by atoms with Gasteiger partial charge in [0.1, 0.15) is 6.61 Å². The van der Waals surface area contributed by atoms with E-state index in [4.69, 9.17) is 9.47 Å². The zero-order valence-electron chi connectivity index (χ0n) is 11.3. The van der Waals surface area contributed by atoms with Gasteiger partial charge in [0.15, 0.2) is 0 Å².